The number of hydrogen-bond acceptors (Lipinski definition) is 2. The molecule has 3 aliphatic rings. The molecule has 0 aromatic heterocycles. The largest absolute Gasteiger partial charge is 0.341 e. The molecule has 21 heavy (non-hydrogen) atoms. The molecule has 2 heterocycles. The molecule has 3 nitrogen and oxygen atoms in total. The Balaban J connectivity index is 1.37. The van der Waals surface area contributed by atoms with Crippen molar-refractivity contribution in [3.8, 4) is 0 Å². The number of carbonyl (C=O) groups excluding carboxylic acids is 1. The lowest BCUT2D eigenvalue weighted by molar-refractivity contribution is -0.145. The molecule has 2 atom stereocenters. The summed E-state index contributed by atoms with van der Waals surface area (Å²) in [6.07, 6.45) is 4.69. The van der Waals surface area contributed by atoms with Crippen molar-refractivity contribution in [2.24, 2.45) is 11.8 Å². The summed E-state index contributed by atoms with van der Waals surface area (Å²) in [5, 5.41) is 0. The van der Waals surface area contributed by atoms with Gasteiger partial charge in [-0.25, -0.2) is 0 Å². The minimum absolute atomic E-state index is 0.351. The lowest BCUT2D eigenvalue weighted by Gasteiger charge is -2.54. The number of piperidine rings is 1. The second kappa shape index (κ2) is 5.45. The first-order valence-electron chi connectivity index (χ1n) is 8.38. The van der Waals surface area contributed by atoms with Crippen LogP contribution in [-0.2, 0) is 11.3 Å². The molecule has 1 aliphatic carbocycles. The minimum Gasteiger partial charge on any atom is -0.341 e. The van der Waals surface area contributed by atoms with E-state index in [-0.39, 0.29) is 0 Å². The Kier molecular flexibility index (Phi) is 3.46. The van der Waals surface area contributed by atoms with Crippen LogP contribution in [0.4, 0.5) is 0 Å². The quantitative estimate of drug-likeness (QED) is 0.851. The third-order valence-corrected chi connectivity index (χ3v) is 5.65. The smallest absolute Gasteiger partial charge is 0.225 e. The first-order chi connectivity index (χ1) is 10.3. The molecule has 3 heteroatoms. The van der Waals surface area contributed by atoms with Crippen molar-refractivity contribution in [2.75, 3.05) is 19.6 Å². The zero-order chi connectivity index (χ0) is 14.2. The summed E-state index contributed by atoms with van der Waals surface area (Å²) in [4.78, 5) is 17.1. The summed E-state index contributed by atoms with van der Waals surface area (Å²) in [7, 11) is 0. The molecule has 1 aromatic carbocycles. The lowest BCUT2D eigenvalue weighted by atomic mass is 9.79. The molecule has 0 bridgehead atoms. The number of rotatable bonds is 3. The summed E-state index contributed by atoms with van der Waals surface area (Å²) in [6, 6.07) is 11.3. The Morgan fingerprint density at radius 3 is 2.62 bits per heavy atom. The van der Waals surface area contributed by atoms with Crippen LogP contribution in [0.2, 0.25) is 0 Å². The van der Waals surface area contributed by atoms with Gasteiger partial charge in [0, 0.05) is 38.1 Å². The van der Waals surface area contributed by atoms with Crippen LogP contribution in [0, 0.1) is 11.8 Å². The van der Waals surface area contributed by atoms with E-state index in [4.69, 9.17) is 0 Å². The molecule has 0 unspecified atom stereocenters. The molecule has 2 aliphatic heterocycles. The van der Waals surface area contributed by atoms with Crippen molar-refractivity contribution in [1.82, 2.24) is 9.80 Å². The molecular weight excluding hydrogens is 260 g/mol. The molecule has 1 aromatic rings. The topological polar surface area (TPSA) is 23.6 Å². The molecule has 0 radical (unpaired) electrons. The minimum atomic E-state index is 0.351. The highest BCUT2D eigenvalue weighted by Crippen LogP contribution is 2.36. The fourth-order valence-corrected chi connectivity index (χ4v) is 4.02. The van der Waals surface area contributed by atoms with Crippen LogP contribution in [0.15, 0.2) is 30.3 Å². The van der Waals surface area contributed by atoms with Gasteiger partial charge in [-0.3, -0.25) is 9.69 Å². The van der Waals surface area contributed by atoms with Crippen LogP contribution in [0.5, 0.6) is 0 Å². The SMILES string of the molecule is O=C(C1CCC1)N1CC[C@@H]2CN(Cc3ccccc3)[C@@H]2C1. The third-order valence-electron chi connectivity index (χ3n) is 5.65. The summed E-state index contributed by atoms with van der Waals surface area (Å²) in [5.74, 6) is 1.61. The maximum atomic E-state index is 12.4. The van der Waals surface area contributed by atoms with Gasteiger partial charge in [0.15, 0.2) is 0 Å². The number of nitrogens with zero attached hydrogens (tertiary/aromatic N) is 2. The van der Waals surface area contributed by atoms with E-state index in [1.807, 2.05) is 0 Å². The van der Waals surface area contributed by atoms with Crippen LogP contribution in [0.25, 0.3) is 0 Å². The normalized spacial score (nSPS) is 29.4. The van der Waals surface area contributed by atoms with Crippen molar-refractivity contribution in [3.05, 3.63) is 35.9 Å². The number of carbonyl (C=O) groups is 1. The highest BCUT2D eigenvalue weighted by atomic mass is 16.2. The van der Waals surface area contributed by atoms with Crippen LogP contribution in [0.1, 0.15) is 31.2 Å². The Morgan fingerprint density at radius 2 is 1.90 bits per heavy atom. The van der Waals surface area contributed by atoms with E-state index < -0.39 is 0 Å². The predicted octanol–water partition coefficient (Wildman–Crippen LogP) is 2.52. The number of amides is 1. The molecule has 0 spiro atoms. The molecule has 3 fully saturated rings. The van der Waals surface area contributed by atoms with Gasteiger partial charge >= 0.3 is 0 Å². The Morgan fingerprint density at radius 1 is 1.10 bits per heavy atom. The van der Waals surface area contributed by atoms with Gasteiger partial charge in [0.05, 0.1) is 0 Å². The highest BCUT2D eigenvalue weighted by molar-refractivity contribution is 5.79. The summed E-state index contributed by atoms with van der Waals surface area (Å²) < 4.78 is 0. The van der Waals surface area contributed by atoms with Crippen LogP contribution >= 0.6 is 0 Å². The van der Waals surface area contributed by atoms with Crippen LogP contribution < -0.4 is 0 Å². The summed E-state index contributed by atoms with van der Waals surface area (Å²) in [6.45, 7) is 4.21. The standard InChI is InChI=1S/C18H24N2O/c21-18(15-7-4-8-15)19-10-9-16-12-20(17(16)13-19)11-14-5-2-1-3-6-14/h1-3,5-6,15-17H,4,7-13H2/t16-,17-/m1/s1. The van der Waals surface area contributed by atoms with E-state index in [1.54, 1.807) is 0 Å². The fraction of sp³-hybridized carbons (Fsp3) is 0.611. The zero-order valence-electron chi connectivity index (χ0n) is 12.6. The van der Waals surface area contributed by atoms with Gasteiger partial charge in [0.25, 0.3) is 0 Å². The van der Waals surface area contributed by atoms with E-state index >= 15 is 0 Å². The number of likely N-dealkylation sites (tertiary alicyclic amines) is 2. The molecular formula is C18H24N2O. The van der Waals surface area contributed by atoms with Crippen molar-refractivity contribution in [1.29, 1.82) is 0 Å². The molecule has 2 saturated heterocycles. The third kappa shape index (κ3) is 2.48. The zero-order valence-corrected chi connectivity index (χ0v) is 12.6. The molecule has 1 saturated carbocycles. The fourth-order valence-electron chi connectivity index (χ4n) is 4.02. The second-order valence-electron chi connectivity index (χ2n) is 6.94. The summed E-state index contributed by atoms with van der Waals surface area (Å²) in [5.41, 5.74) is 1.39. The Hall–Kier alpha value is -1.35. The Labute approximate surface area is 126 Å². The van der Waals surface area contributed by atoms with E-state index in [0.29, 0.717) is 17.9 Å². The monoisotopic (exact) mass is 284 g/mol. The van der Waals surface area contributed by atoms with Gasteiger partial charge in [-0.2, -0.15) is 0 Å². The van der Waals surface area contributed by atoms with Gasteiger partial charge < -0.3 is 4.90 Å². The van der Waals surface area contributed by atoms with Gasteiger partial charge in [0.2, 0.25) is 5.91 Å². The molecule has 112 valence electrons. The van der Waals surface area contributed by atoms with E-state index in [9.17, 15) is 4.79 Å². The second-order valence-corrected chi connectivity index (χ2v) is 6.94. The number of benzene rings is 1. The van der Waals surface area contributed by atoms with Crippen molar-refractivity contribution < 1.29 is 4.79 Å². The molecule has 4 rings (SSSR count). The molecule has 1 amide bonds. The van der Waals surface area contributed by atoms with Gasteiger partial charge in [-0.1, -0.05) is 36.8 Å². The van der Waals surface area contributed by atoms with E-state index in [1.165, 1.54) is 24.9 Å². The van der Waals surface area contributed by atoms with Crippen LogP contribution in [0.3, 0.4) is 0 Å². The molecule has 0 N–H and O–H groups in total. The first-order valence-corrected chi connectivity index (χ1v) is 8.38. The van der Waals surface area contributed by atoms with Crippen molar-refractivity contribution >= 4 is 5.91 Å². The van der Waals surface area contributed by atoms with E-state index in [2.05, 4.69) is 40.1 Å². The van der Waals surface area contributed by atoms with E-state index in [0.717, 1.165) is 38.4 Å². The number of hydrogen-bond donors (Lipinski definition) is 0. The number of fused-ring (bicyclic) bond motifs is 1. The van der Waals surface area contributed by atoms with Gasteiger partial charge in [0.1, 0.15) is 0 Å². The van der Waals surface area contributed by atoms with Crippen LogP contribution in [-0.4, -0.2) is 41.4 Å². The van der Waals surface area contributed by atoms with Gasteiger partial charge in [-0.15, -0.1) is 0 Å². The van der Waals surface area contributed by atoms with Gasteiger partial charge in [-0.05, 0) is 30.7 Å². The maximum Gasteiger partial charge on any atom is 0.225 e. The Bertz CT molecular complexity index is 511. The van der Waals surface area contributed by atoms with Crippen molar-refractivity contribution in [3.63, 3.8) is 0 Å². The maximum absolute atomic E-state index is 12.4. The predicted molar refractivity (Wildman–Crippen MR) is 82.7 cm³/mol. The first kappa shape index (κ1) is 13.3. The average Bonchev–Trinajstić information content (AvgIpc) is 2.44. The highest BCUT2D eigenvalue weighted by Gasteiger charge is 2.44. The average molecular weight is 284 g/mol. The lowest BCUT2D eigenvalue weighted by Crippen LogP contribution is -2.64. The summed E-state index contributed by atoms with van der Waals surface area (Å²) >= 11 is 0. The van der Waals surface area contributed by atoms with Crippen molar-refractivity contribution in [2.45, 2.75) is 38.3 Å².